The van der Waals surface area contributed by atoms with Crippen molar-refractivity contribution < 1.29 is 0 Å². The molecule has 0 saturated heterocycles. The van der Waals surface area contributed by atoms with E-state index in [1.165, 1.54) is 98.4 Å². The van der Waals surface area contributed by atoms with Gasteiger partial charge in [-0.25, -0.2) is 0 Å². The highest BCUT2D eigenvalue weighted by Crippen LogP contribution is 2.47. The average Bonchev–Trinajstić information content (AvgIpc) is 3.20. The molecule has 0 amide bonds. The maximum Gasteiger partial charge on any atom is -0.00197 e. The Morgan fingerprint density at radius 1 is 0.200 bits per heavy atom. The standard InChI is InChI=1S/C50H32/c1-2-12-33(13-3-1)39-28-29-46-48(31-39)50(47-32-40-16-6-7-17-41(40)42-18-8-9-19-43(42)47)45-21-11-10-20-44(45)49(46)36-25-22-35(23-26-36)38-27-24-34-14-4-5-15-37(34)30-38/h1-32H. The fourth-order valence-electron chi connectivity index (χ4n) is 8.05. The van der Waals surface area contributed by atoms with Crippen LogP contribution in [0.5, 0.6) is 0 Å². The highest BCUT2D eigenvalue weighted by Gasteiger charge is 2.20. The molecule has 0 aromatic heterocycles. The number of benzene rings is 10. The van der Waals surface area contributed by atoms with Crippen molar-refractivity contribution in [1.82, 2.24) is 0 Å². The van der Waals surface area contributed by atoms with E-state index in [1.54, 1.807) is 0 Å². The average molecular weight is 633 g/mol. The van der Waals surface area contributed by atoms with Gasteiger partial charge in [-0.15, -0.1) is 0 Å². The van der Waals surface area contributed by atoms with Gasteiger partial charge in [0, 0.05) is 0 Å². The van der Waals surface area contributed by atoms with Crippen LogP contribution in [0.4, 0.5) is 0 Å². The molecule has 0 aliphatic carbocycles. The molecule has 0 heteroatoms. The minimum Gasteiger partial charge on any atom is -0.0622 e. The summed E-state index contributed by atoms with van der Waals surface area (Å²) in [5.74, 6) is 0. The fraction of sp³-hybridized carbons (Fsp3) is 0. The summed E-state index contributed by atoms with van der Waals surface area (Å²) in [6, 6.07) is 71.4. The van der Waals surface area contributed by atoms with Gasteiger partial charge in [-0.3, -0.25) is 0 Å². The van der Waals surface area contributed by atoms with Gasteiger partial charge in [0.15, 0.2) is 0 Å². The molecule has 0 radical (unpaired) electrons. The van der Waals surface area contributed by atoms with E-state index in [1.807, 2.05) is 0 Å². The van der Waals surface area contributed by atoms with Gasteiger partial charge in [-0.1, -0.05) is 176 Å². The first-order chi connectivity index (χ1) is 24.8. The minimum atomic E-state index is 1.22. The summed E-state index contributed by atoms with van der Waals surface area (Å²) >= 11 is 0. The van der Waals surface area contributed by atoms with Gasteiger partial charge in [0.2, 0.25) is 0 Å². The molecule has 232 valence electrons. The zero-order valence-electron chi connectivity index (χ0n) is 27.5. The lowest BCUT2D eigenvalue weighted by Gasteiger charge is -2.20. The SMILES string of the molecule is c1ccc(-c2ccc3c(-c4ccc(-c5ccc6ccccc6c5)cc4)c4ccccc4c(-c4cc5ccccc5c5ccccc45)c3c2)cc1. The van der Waals surface area contributed by atoms with Crippen LogP contribution in [0.1, 0.15) is 0 Å². The quantitative estimate of drug-likeness (QED) is 0.134. The topological polar surface area (TPSA) is 0 Å². The maximum absolute atomic E-state index is 2.42. The summed E-state index contributed by atoms with van der Waals surface area (Å²) < 4.78 is 0. The van der Waals surface area contributed by atoms with Crippen LogP contribution in [0.2, 0.25) is 0 Å². The minimum absolute atomic E-state index is 1.22. The van der Waals surface area contributed by atoms with Crippen LogP contribution in [-0.2, 0) is 0 Å². The van der Waals surface area contributed by atoms with Crippen molar-refractivity contribution in [3.8, 4) is 44.5 Å². The van der Waals surface area contributed by atoms with Gasteiger partial charge < -0.3 is 0 Å². The molecular formula is C50H32. The predicted octanol–water partition coefficient (Wildman–Crippen LogP) is 14.1. The summed E-state index contributed by atoms with van der Waals surface area (Å²) in [6.07, 6.45) is 0. The Bertz CT molecular complexity index is 2900. The lowest BCUT2D eigenvalue weighted by atomic mass is 9.83. The number of hydrogen-bond donors (Lipinski definition) is 0. The van der Waals surface area contributed by atoms with Crippen LogP contribution < -0.4 is 0 Å². The van der Waals surface area contributed by atoms with E-state index in [9.17, 15) is 0 Å². The van der Waals surface area contributed by atoms with E-state index in [0.29, 0.717) is 0 Å². The number of rotatable bonds is 4. The zero-order valence-corrected chi connectivity index (χ0v) is 27.5. The third kappa shape index (κ3) is 4.61. The molecule has 0 atom stereocenters. The van der Waals surface area contributed by atoms with Gasteiger partial charge >= 0.3 is 0 Å². The Morgan fingerprint density at radius 3 is 1.48 bits per heavy atom. The third-order valence-electron chi connectivity index (χ3n) is 10.4. The molecule has 10 aromatic carbocycles. The normalized spacial score (nSPS) is 11.6. The molecular weight excluding hydrogens is 601 g/mol. The molecule has 0 saturated carbocycles. The van der Waals surface area contributed by atoms with E-state index in [2.05, 4.69) is 194 Å². The molecule has 0 aliphatic heterocycles. The van der Waals surface area contributed by atoms with Crippen molar-refractivity contribution in [3.05, 3.63) is 194 Å². The fourth-order valence-corrected chi connectivity index (χ4v) is 8.05. The Hall–Kier alpha value is -6.50. The third-order valence-corrected chi connectivity index (χ3v) is 10.4. The van der Waals surface area contributed by atoms with Crippen molar-refractivity contribution >= 4 is 53.9 Å². The Labute approximate surface area is 291 Å². The maximum atomic E-state index is 2.42. The highest BCUT2D eigenvalue weighted by atomic mass is 14.2. The Balaban J connectivity index is 1.27. The van der Waals surface area contributed by atoms with Crippen molar-refractivity contribution in [2.24, 2.45) is 0 Å². The summed E-state index contributed by atoms with van der Waals surface area (Å²) in [5, 5.41) is 12.7. The molecule has 50 heavy (non-hydrogen) atoms. The van der Waals surface area contributed by atoms with E-state index >= 15 is 0 Å². The van der Waals surface area contributed by atoms with Crippen LogP contribution in [-0.4, -0.2) is 0 Å². The molecule has 0 N–H and O–H groups in total. The first-order valence-corrected chi connectivity index (χ1v) is 17.3. The van der Waals surface area contributed by atoms with Crippen LogP contribution in [0.15, 0.2) is 194 Å². The van der Waals surface area contributed by atoms with Crippen molar-refractivity contribution in [2.45, 2.75) is 0 Å². The summed E-state index contributed by atoms with van der Waals surface area (Å²) in [7, 11) is 0. The lowest BCUT2D eigenvalue weighted by Crippen LogP contribution is -1.93. The molecule has 10 rings (SSSR count). The van der Waals surface area contributed by atoms with Crippen LogP contribution in [0, 0.1) is 0 Å². The largest absolute Gasteiger partial charge is 0.0622 e. The molecule has 0 spiro atoms. The van der Waals surface area contributed by atoms with Gasteiger partial charge in [0.05, 0.1) is 0 Å². The van der Waals surface area contributed by atoms with E-state index < -0.39 is 0 Å². The van der Waals surface area contributed by atoms with Crippen LogP contribution in [0.25, 0.3) is 98.4 Å². The summed E-state index contributed by atoms with van der Waals surface area (Å²) in [4.78, 5) is 0. The molecule has 0 nitrogen and oxygen atoms in total. The first kappa shape index (κ1) is 28.5. The second-order valence-corrected chi connectivity index (χ2v) is 13.3. The lowest BCUT2D eigenvalue weighted by molar-refractivity contribution is 1.62. The monoisotopic (exact) mass is 632 g/mol. The van der Waals surface area contributed by atoms with Gasteiger partial charge in [-0.2, -0.15) is 0 Å². The Kier molecular flexibility index (Phi) is 6.60. The van der Waals surface area contributed by atoms with Gasteiger partial charge in [0.1, 0.15) is 0 Å². The van der Waals surface area contributed by atoms with E-state index in [-0.39, 0.29) is 0 Å². The highest BCUT2D eigenvalue weighted by molar-refractivity contribution is 6.26. The molecule has 0 bridgehead atoms. The molecule has 0 heterocycles. The van der Waals surface area contributed by atoms with Crippen molar-refractivity contribution in [1.29, 1.82) is 0 Å². The molecule has 0 aliphatic rings. The molecule has 0 fully saturated rings. The number of fused-ring (bicyclic) bond motifs is 6. The van der Waals surface area contributed by atoms with Crippen LogP contribution in [0.3, 0.4) is 0 Å². The zero-order chi connectivity index (χ0) is 33.0. The molecule has 0 unspecified atom stereocenters. The first-order valence-electron chi connectivity index (χ1n) is 17.3. The van der Waals surface area contributed by atoms with Gasteiger partial charge in [0.25, 0.3) is 0 Å². The van der Waals surface area contributed by atoms with Crippen molar-refractivity contribution in [2.75, 3.05) is 0 Å². The summed E-state index contributed by atoms with van der Waals surface area (Å²) in [5.41, 5.74) is 9.94. The number of hydrogen-bond acceptors (Lipinski definition) is 0. The van der Waals surface area contributed by atoms with E-state index in [0.717, 1.165) is 0 Å². The second-order valence-electron chi connectivity index (χ2n) is 13.3. The summed E-state index contributed by atoms with van der Waals surface area (Å²) in [6.45, 7) is 0. The smallest absolute Gasteiger partial charge is 0.00197 e. The Morgan fingerprint density at radius 2 is 0.700 bits per heavy atom. The van der Waals surface area contributed by atoms with Gasteiger partial charge in [-0.05, 0) is 117 Å². The second kappa shape index (κ2) is 11.6. The van der Waals surface area contributed by atoms with E-state index in [4.69, 9.17) is 0 Å². The van der Waals surface area contributed by atoms with Crippen molar-refractivity contribution in [3.63, 3.8) is 0 Å². The van der Waals surface area contributed by atoms with Crippen LogP contribution >= 0.6 is 0 Å². The molecule has 10 aromatic rings. The predicted molar refractivity (Wildman–Crippen MR) is 216 cm³/mol.